The highest BCUT2D eigenvalue weighted by atomic mass is 32.1. The van der Waals surface area contributed by atoms with Crippen molar-refractivity contribution in [3.05, 3.63) is 44.8 Å². The number of carboxylic acid groups (broad SMARTS) is 1. The van der Waals surface area contributed by atoms with E-state index in [1.165, 1.54) is 22.7 Å². The molecule has 2 amide bonds. The molecule has 0 spiro atoms. The Hall–Kier alpha value is -2.83. The molecule has 0 saturated carbocycles. The molecule has 1 aliphatic rings. The third kappa shape index (κ3) is 12.2. The summed E-state index contributed by atoms with van der Waals surface area (Å²) in [5.41, 5.74) is 0. The molecule has 1 aliphatic heterocycles. The number of thiophene rings is 2. The van der Waals surface area contributed by atoms with Gasteiger partial charge in [0.1, 0.15) is 5.94 Å². The lowest BCUT2D eigenvalue weighted by Crippen LogP contribution is -2.57. The van der Waals surface area contributed by atoms with Gasteiger partial charge in [-0.15, -0.1) is 22.7 Å². The standard InChI is InChI=1S/C24H32B2N2O12S2/c29-15(7-23(32)33)11-37-14-20(28-22(31)10-18-4-2-6-42-18)26-39-16(8-24(34)40-26)12-38-13-19(25(35)36)27-21(30)9-17-3-1-5-41-17/h1-6,15-16,19-20,29,35-36H,7-14H2,(H,27,30)(H,28,31)(H,32,33)/t15?,16?,19-,20-/m0/s1. The van der Waals surface area contributed by atoms with E-state index < -0.39 is 68.5 Å². The molecule has 0 aromatic carbocycles. The van der Waals surface area contributed by atoms with Gasteiger partial charge in [-0.2, -0.15) is 0 Å². The van der Waals surface area contributed by atoms with Crippen molar-refractivity contribution in [1.29, 1.82) is 0 Å². The lowest BCUT2D eigenvalue weighted by atomic mass is 9.76. The largest absolute Gasteiger partial charge is 0.554 e. The number of aliphatic carboxylic acids is 1. The molecule has 6 N–H and O–H groups in total. The van der Waals surface area contributed by atoms with Gasteiger partial charge in [-0.3, -0.25) is 19.2 Å². The summed E-state index contributed by atoms with van der Waals surface area (Å²) in [7, 11) is -3.20. The number of hydrogen-bond acceptors (Lipinski definition) is 13. The molecule has 3 rings (SSSR count). The van der Waals surface area contributed by atoms with Gasteiger partial charge in [0.05, 0.1) is 70.3 Å². The van der Waals surface area contributed by atoms with Gasteiger partial charge in [0.25, 0.3) is 5.97 Å². The van der Waals surface area contributed by atoms with Crippen molar-refractivity contribution in [2.75, 3.05) is 26.4 Å². The molecule has 3 heterocycles. The summed E-state index contributed by atoms with van der Waals surface area (Å²) in [5, 5.41) is 46.8. The molecule has 14 nitrogen and oxygen atoms in total. The van der Waals surface area contributed by atoms with E-state index in [2.05, 4.69) is 10.6 Å². The summed E-state index contributed by atoms with van der Waals surface area (Å²) >= 11 is 2.77. The first-order chi connectivity index (χ1) is 20.1. The highest BCUT2D eigenvalue weighted by molar-refractivity contribution is 7.10. The van der Waals surface area contributed by atoms with E-state index in [-0.39, 0.29) is 45.7 Å². The van der Waals surface area contributed by atoms with Crippen molar-refractivity contribution in [3.8, 4) is 0 Å². The Bertz CT molecular complexity index is 1140. The number of carbonyl (C=O) groups excluding carboxylic acids is 3. The van der Waals surface area contributed by atoms with Crippen molar-refractivity contribution in [3.63, 3.8) is 0 Å². The van der Waals surface area contributed by atoms with E-state index in [0.29, 0.717) is 0 Å². The monoisotopic (exact) mass is 626 g/mol. The van der Waals surface area contributed by atoms with E-state index >= 15 is 0 Å². The van der Waals surface area contributed by atoms with Crippen LogP contribution >= 0.6 is 22.7 Å². The van der Waals surface area contributed by atoms with Gasteiger partial charge in [0, 0.05) is 9.75 Å². The van der Waals surface area contributed by atoms with Gasteiger partial charge < -0.3 is 49.7 Å². The zero-order valence-electron chi connectivity index (χ0n) is 22.5. The van der Waals surface area contributed by atoms with Crippen LogP contribution in [0.5, 0.6) is 0 Å². The second kappa shape index (κ2) is 17.3. The van der Waals surface area contributed by atoms with Crippen LogP contribution in [0.2, 0.25) is 0 Å². The quantitative estimate of drug-likeness (QED) is 0.108. The number of aliphatic hydroxyl groups excluding tert-OH is 1. The van der Waals surface area contributed by atoms with Crippen molar-refractivity contribution in [1.82, 2.24) is 10.6 Å². The zero-order valence-corrected chi connectivity index (χ0v) is 24.1. The molecule has 2 aromatic rings. The maximum Gasteiger partial charge on any atom is 0.554 e. The summed E-state index contributed by atoms with van der Waals surface area (Å²) in [6.45, 7) is -1.09. The van der Waals surface area contributed by atoms with E-state index in [1.807, 2.05) is 10.8 Å². The Morgan fingerprint density at radius 3 is 2.24 bits per heavy atom. The Balaban J connectivity index is 1.55. The average molecular weight is 626 g/mol. The normalized spacial score (nSPS) is 17.2. The van der Waals surface area contributed by atoms with Crippen LogP contribution in [0.3, 0.4) is 0 Å². The second-order valence-corrected chi connectivity index (χ2v) is 11.5. The van der Waals surface area contributed by atoms with E-state index in [9.17, 15) is 34.3 Å². The summed E-state index contributed by atoms with van der Waals surface area (Å²) in [6, 6.07) is 7.15. The molecule has 18 heteroatoms. The topological polar surface area (TPSA) is 210 Å². The fourth-order valence-corrected chi connectivity index (χ4v) is 5.28. The summed E-state index contributed by atoms with van der Waals surface area (Å²) in [6.07, 6.45) is -2.75. The molecule has 1 saturated heterocycles. The molecule has 0 aliphatic carbocycles. The Morgan fingerprint density at radius 2 is 1.67 bits per heavy atom. The summed E-state index contributed by atoms with van der Waals surface area (Å²) < 4.78 is 22.1. The fraction of sp³-hybridized carbons (Fsp3) is 0.500. The molecular formula is C24H32B2N2O12S2. The molecule has 4 atom stereocenters. The van der Waals surface area contributed by atoms with Gasteiger partial charge in [0.15, 0.2) is 0 Å². The third-order valence-electron chi connectivity index (χ3n) is 5.80. The first-order valence-electron chi connectivity index (χ1n) is 13.0. The van der Waals surface area contributed by atoms with Crippen LogP contribution in [-0.4, -0.2) is 109 Å². The van der Waals surface area contributed by atoms with Crippen LogP contribution in [0, 0.1) is 0 Å². The van der Waals surface area contributed by atoms with Crippen molar-refractivity contribution in [2.24, 2.45) is 0 Å². The van der Waals surface area contributed by atoms with Gasteiger partial charge >= 0.3 is 20.2 Å². The predicted octanol–water partition coefficient (Wildman–Crippen LogP) is -1.20. The molecule has 0 bridgehead atoms. The number of nitrogens with one attached hydrogen (secondary N) is 2. The zero-order chi connectivity index (χ0) is 30.5. The van der Waals surface area contributed by atoms with Crippen LogP contribution in [0.15, 0.2) is 35.0 Å². The summed E-state index contributed by atoms with van der Waals surface area (Å²) in [5.74, 6) is -4.84. The minimum absolute atomic E-state index is 0.0477. The number of amides is 2. The highest BCUT2D eigenvalue weighted by Crippen LogP contribution is 2.16. The Labute approximate surface area is 250 Å². The Kier molecular flexibility index (Phi) is 13.9. The van der Waals surface area contributed by atoms with Crippen LogP contribution in [0.4, 0.5) is 0 Å². The molecular weight excluding hydrogens is 594 g/mol. The maximum atomic E-state index is 12.7. The van der Waals surface area contributed by atoms with Crippen LogP contribution in [0.25, 0.3) is 0 Å². The van der Waals surface area contributed by atoms with Gasteiger partial charge in [0.2, 0.25) is 11.8 Å². The maximum absolute atomic E-state index is 12.7. The first kappa shape index (κ1) is 33.7. The number of hydrogen-bond donors (Lipinski definition) is 6. The SMILES string of the molecule is O=C(O)CC(O)COC[C@H](NC(=O)Cc1cccs1)B1OC(=O)CC(COC[C@H](NC(=O)Cc2cccs2)B(O)O)O1. The van der Waals surface area contributed by atoms with Gasteiger partial charge in [-0.1, -0.05) is 12.1 Å². The van der Waals surface area contributed by atoms with Crippen molar-refractivity contribution < 1.29 is 58.2 Å². The second-order valence-electron chi connectivity index (χ2n) is 9.42. The Morgan fingerprint density at radius 1 is 1.02 bits per heavy atom. The van der Waals surface area contributed by atoms with Crippen LogP contribution in [-0.2, 0) is 50.8 Å². The molecule has 228 valence electrons. The number of carbonyl (C=O) groups is 4. The molecule has 2 unspecified atom stereocenters. The third-order valence-corrected chi connectivity index (χ3v) is 7.55. The van der Waals surface area contributed by atoms with E-state index in [0.717, 1.165) is 9.75 Å². The number of ether oxygens (including phenoxy) is 2. The lowest BCUT2D eigenvalue weighted by molar-refractivity contribution is -0.145. The van der Waals surface area contributed by atoms with Crippen molar-refractivity contribution in [2.45, 2.75) is 49.8 Å². The molecule has 42 heavy (non-hydrogen) atoms. The minimum Gasteiger partial charge on any atom is -0.508 e. The molecule has 1 fully saturated rings. The summed E-state index contributed by atoms with van der Waals surface area (Å²) in [4.78, 5) is 49.7. The minimum atomic E-state index is -1.90. The lowest BCUT2D eigenvalue weighted by Gasteiger charge is -2.32. The van der Waals surface area contributed by atoms with Gasteiger partial charge in [-0.25, -0.2) is 0 Å². The molecule has 0 radical (unpaired) electrons. The number of aliphatic hydroxyl groups is 1. The van der Waals surface area contributed by atoms with Crippen molar-refractivity contribution >= 4 is 60.7 Å². The fourth-order valence-electron chi connectivity index (χ4n) is 3.87. The van der Waals surface area contributed by atoms with E-state index in [4.69, 9.17) is 23.9 Å². The highest BCUT2D eigenvalue weighted by Gasteiger charge is 2.42. The smallest absolute Gasteiger partial charge is 0.508 e. The number of rotatable bonds is 18. The van der Waals surface area contributed by atoms with Gasteiger partial charge in [-0.05, 0) is 22.9 Å². The predicted molar refractivity (Wildman–Crippen MR) is 151 cm³/mol. The average Bonchev–Trinajstić information content (AvgIpc) is 3.61. The van der Waals surface area contributed by atoms with Crippen LogP contribution < -0.4 is 10.6 Å². The number of carboxylic acids is 1. The van der Waals surface area contributed by atoms with Crippen LogP contribution in [0.1, 0.15) is 22.6 Å². The first-order valence-corrected chi connectivity index (χ1v) is 14.7. The van der Waals surface area contributed by atoms with E-state index in [1.54, 1.807) is 24.3 Å². The molecule has 2 aromatic heterocycles.